The van der Waals surface area contributed by atoms with E-state index in [2.05, 4.69) is 30.3 Å². The molecular formula is C18H10Cl3F2N7O3. The zero-order valence-corrected chi connectivity index (χ0v) is 18.2. The molecule has 0 unspecified atom stereocenters. The van der Waals surface area contributed by atoms with Gasteiger partial charge < -0.3 is 15.8 Å². The molecule has 0 bridgehead atoms. The summed E-state index contributed by atoms with van der Waals surface area (Å²) in [6, 6.07) is 3.69. The smallest absolute Gasteiger partial charge is 0.388 e. The van der Waals surface area contributed by atoms with Crippen LogP contribution in [-0.2, 0) is 0 Å². The van der Waals surface area contributed by atoms with E-state index in [1.807, 2.05) is 0 Å². The molecule has 1 aromatic carbocycles. The molecule has 0 radical (unpaired) electrons. The molecular weight excluding hydrogens is 507 g/mol. The minimum absolute atomic E-state index is 0.0242. The number of hydrogen-bond donors (Lipinski definition) is 3. The number of nitrogens with zero attached hydrogens (tertiary/aromatic N) is 4. The first kappa shape index (κ1) is 22.7. The summed E-state index contributed by atoms with van der Waals surface area (Å²) in [5.41, 5.74) is 5.12. The average molecular weight is 517 g/mol. The number of fused-ring (bicyclic) bond motifs is 1. The third-order valence-electron chi connectivity index (χ3n) is 4.29. The topological polar surface area (TPSA) is 141 Å². The lowest BCUT2D eigenvalue weighted by Crippen LogP contribution is -2.21. The number of nitrogens with two attached hydrogens (primary N) is 1. The Balaban J connectivity index is 1.82. The number of carbonyl (C=O) groups is 2. The van der Waals surface area contributed by atoms with Crippen LogP contribution in [0.5, 0.6) is 5.88 Å². The summed E-state index contributed by atoms with van der Waals surface area (Å²) < 4.78 is 30.7. The number of pyridine rings is 1. The number of carbonyl (C=O) groups excluding carboxylic acids is 2. The van der Waals surface area contributed by atoms with E-state index in [1.54, 1.807) is 0 Å². The number of ether oxygens (including phenoxy) is 1. The third kappa shape index (κ3) is 4.40. The van der Waals surface area contributed by atoms with Gasteiger partial charge in [-0.05, 0) is 12.1 Å². The van der Waals surface area contributed by atoms with Gasteiger partial charge in [0.05, 0.1) is 38.0 Å². The molecule has 15 heteroatoms. The summed E-state index contributed by atoms with van der Waals surface area (Å²) in [5, 5.41) is 13.3. The van der Waals surface area contributed by atoms with Gasteiger partial charge in [0.15, 0.2) is 5.82 Å². The molecule has 10 nitrogen and oxygen atoms in total. The number of aromatic amines is 1. The highest BCUT2D eigenvalue weighted by Gasteiger charge is 2.25. The Morgan fingerprint density at radius 3 is 2.58 bits per heavy atom. The lowest BCUT2D eigenvalue weighted by Gasteiger charge is -2.13. The number of rotatable bonds is 6. The molecule has 0 aliphatic heterocycles. The maximum Gasteiger partial charge on any atom is 0.388 e. The number of hydrogen-bond acceptors (Lipinski definition) is 6. The van der Waals surface area contributed by atoms with E-state index in [1.165, 1.54) is 24.5 Å². The fourth-order valence-electron chi connectivity index (χ4n) is 3.00. The minimum atomic E-state index is -3.21. The van der Waals surface area contributed by atoms with Crippen LogP contribution < -0.4 is 15.8 Å². The number of benzene rings is 1. The monoisotopic (exact) mass is 515 g/mol. The van der Waals surface area contributed by atoms with E-state index in [0.717, 1.165) is 10.7 Å². The van der Waals surface area contributed by atoms with Crippen LogP contribution in [-0.4, -0.2) is 43.4 Å². The fraction of sp³-hybridized carbons (Fsp3) is 0.0556. The standard InChI is InChI=1S/C18H10Cl3F2N7O3/c19-7-2-9(21)16(25-5-7)30-10(3-11(29-30)33-18(22)23)17(32)27-14-8(20)1-6-4-26-28-13(6)12(14)15(24)31/h1-5,18H,(H2,24,31)(H,26,28)(H,27,32). The summed E-state index contributed by atoms with van der Waals surface area (Å²) in [5.74, 6) is -2.50. The van der Waals surface area contributed by atoms with Crippen molar-refractivity contribution in [3.05, 3.63) is 56.9 Å². The average Bonchev–Trinajstić information content (AvgIpc) is 3.34. The number of amides is 2. The van der Waals surface area contributed by atoms with E-state index in [9.17, 15) is 18.4 Å². The molecule has 0 aliphatic carbocycles. The van der Waals surface area contributed by atoms with Gasteiger partial charge in [0.1, 0.15) is 5.69 Å². The first-order chi connectivity index (χ1) is 15.7. The molecule has 2 amide bonds. The number of nitrogens with one attached hydrogen (secondary N) is 2. The van der Waals surface area contributed by atoms with Crippen molar-refractivity contribution in [1.29, 1.82) is 0 Å². The Morgan fingerprint density at radius 2 is 1.91 bits per heavy atom. The van der Waals surface area contributed by atoms with Crippen LogP contribution in [0.3, 0.4) is 0 Å². The van der Waals surface area contributed by atoms with Crippen molar-refractivity contribution in [3.8, 4) is 11.7 Å². The summed E-state index contributed by atoms with van der Waals surface area (Å²) in [7, 11) is 0. The van der Waals surface area contributed by atoms with Crippen molar-refractivity contribution in [3.63, 3.8) is 0 Å². The molecule has 0 atom stereocenters. The summed E-state index contributed by atoms with van der Waals surface area (Å²) in [4.78, 5) is 29.2. The van der Waals surface area contributed by atoms with Gasteiger partial charge in [0.2, 0.25) is 5.88 Å². The van der Waals surface area contributed by atoms with E-state index in [0.29, 0.717) is 5.39 Å². The largest absolute Gasteiger partial charge is 0.415 e. The molecule has 170 valence electrons. The molecule has 0 fully saturated rings. The Labute approximate surface area is 197 Å². The molecule has 0 spiro atoms. The second kappa shape index (κ2) is 8.81. The first-order valence-electron chi connectivity index (χ1n) is 8.78. The molecule has 4 aromatic rings. The van der Waals surface area contributed by atoms with Crippen molar-refractivity contribution in [2.24, 2.45) is 5.73 Å². The van der Waals surface area contributed by atoms with Crippen molar-refractivity contribution < 1.29 is 23.1 Å². The van der Waals surface area contributed by atoms with Crippen molar-refractivity contribution >= 4 is 63.2 Å². The molecule has 33 heavy (non-hydrogen) atoms. The van der Waals surface area contributed by atoms with E-state index < -0.39 is 24.3 Å². The number of primary amides is 1. The number of aromatic nitrogens is 5. The second-order valence-corrected chi connectivity index (χ2v) is 7.63. The van der Waals surface area contributed by atoms with Gasteiger partial charge in [0.25, 0.3) is 11.8 Å². The van der Waals surface area contributed by atoms with Gasteiger partial charge in [0, 0.05) is 17.6 Å². The Hall–Kier alpha value is -3.48. The molecule has 0 saturated carbocycles. The molecule has 3 heterocycles. The van der Waals surface area contributed by atoms with Gasteiger partial charge in [-0.15, -0.1) is 5.10 Å². The number of alkyl halides is 2. The van der Waals surface area contributed by atoms with E-state index >= 15 is 0 Å². The number of H-pyrrole nitrogens is 1. The van der Waals surface area contributed by atoms with Gasteiger partial charge in [-0.25, -0.2) is 9.67 Å². The second-order valence-electron chi connectivity index (χ2n) is 6.38. The van der Waals surface area contributed by atoms with Gasteiger partial charge in [-0.3, -0.25) is 14.7 Å². The zero-order valence-electron chi connectivity index (χ0n) is 15.9. The van der Waals surface area contributed by atoms with Crippen LogP contribution >= 0.6 is 34.8 Å². The Kier molecular flexibility index (Phi) is 6.06. The number of halogens is 5. The van der Waals surface area contributed by atoms with Crippen LogP contribution in [0, 0.1) is 0 Å². The predicted molar refractivity (Wildman–Crippen MR) is 116 cm³/mol. The Bertz CT molecular complexity index is 1410. The molecule has 0 saturated heterocycles. The highest BCUT2D eigenvalue weighted by Crippen LogP contribution is 2.33. The van der Waals surface area contributed by atoms with Gasteiger partial charge in [-0.1, -0.05) is 34.8 Å². The molecule has 4 rings (SSSR count). The van der Waals surface area contributed by atoms with Gasteiger partial charge >= 0.3 is 6.61 Å². The lowest BCUT2D eigenvalue weighted by molar-refractivity contribution is -0.0530. The van der Waals surface area contributed by atoms with Crippen LogP contribution in [0.15, 0.2) is 30.6 Å². The van der Waals surface area contributed by atoms with Crippen molar-refractivity contribution in [2.75, 3.05) is 5.32 Å². The van der Waals surface area contributed by atoms with Crippen LogP contribution in [0.2, 0.25) is 15.1 Å². The summed E-state index contributed by atoms with van der Waals surface area (Å²) in [6.07, 6.45) is 2.63. The van der Waals surface area contributed by atoms with E-state index in [4.69, 9.17) is 40.5 Å². The normalized spacial score (nSPS) is 11.2. The summed E-state index contributed by atoms with van der Waals surface area (Å²) in [6.45, 7) is -3.21. The summed E-state index contributed by atoms with van der Waals surface area (Å²) >= 11 is 18.2. The molecule has 3 aromatic heterocycles. The highest BCUT2D eigenvalue weighted by molar-refractivity contribution is 6.37. The first-order valence-corrected chi connectivity index (χ1v) is 9.92. The zero-order chi connectivity index (χ0) is 23.9. The van der Waals surface area contributed by atoms with Crippen LogP contribution in [0.25, 0.3) is 16.7 Å². The fourth-order valence-corrected chi connectivity index (χ4v) is 3.72. The molecule has 0 aliphatic rings. The van der Waals surface area contributed by atoms with Crippen molar-refractivity contribution in [1.82, 2.24) is 25.0 Å². The maximum absolute atomic E-state index is 13.1. The third-order valence-corrected chi connectivity index (χ3v) is 5.08. The van der Waals surface area contributed by atoms with E-state index in [-0.39, 0.29) is 43.3 Å². The SMILES string of the molecule is NC(=O)c1c(NC(=O)c2cc(OC(F)F)nn2-c2ncc(Cl)cc2Cl)c(Cl)cc2cn[nH]c12. The predicted octanol–water partition coefficient (Wildman–Crippen LogP) is 4.06. The number of anilines is 1. The van der Waals surface area contributed by atoms with Crippen LogP contribution in [0.4, 0.5) is 14.5 Å². The quantitative estimate of drug-likeness (QED) is 0.353. The lowest BCUT2D eigenvalue weighted by atomic mass is 10.1. The maximum atomic E-state index is 13.1. The van der Waals surface area contributed by atoms with Crippen molar-refractivity contribution in [2.45, 2.75) is 6.61 Å². The minimum Gasteiger partial charge on any atom is -0.415 e. The van der Waals surface area contributed by atoms with Crippen LogP contribution in [0.1, 0.15) is 20.8 Å². The highest BCUT2D eigenvalue weighted by atomic mass is 35.5. The Morgan fingerprint density at radius 1 is 1.15 bits per heavy atom. The molecule has 4 N–H and O–H groups in total. The van der Waals surface area contributed by atoms with Gasteiger partial charge in [-0.2, -0.15) is 13.9 Å².